The monoisotopic (exact) mass is 251 g/mol. The minimum atomic E-state index is -0.134. The summed E-state index contributed by atoms with van der Waals surface area (Å²) in [5.41, 5.74) is 0.546. The van der Waals surface area contributed by atoms with E-state index >= 15 is 0 Å². The average molecular weight is 251 g/mol. The Labute approximate surface area is 103 Å². The highest BCUT2D eigenvalue weighted by Crippen LogP contribution is 2.02. The Morgan fingerprint density at radius 2 is 2.39 bits per heavy atom. The molecular formula is C9H13N7O2. The number of rotatable bonds is 6. The van der Waals surface area contributed by atoms with Gasteiger partial charge < -0.3 is 15.4 Å². The van der Waals surface area contributed by atoms with E-state index in [1.54, 1.807) is 19.2 Å². The lowest BCUT2D eigenvalue weighted by atomic mass is 10.5. The van der Waals surface area contributed by atoms with Crippen molar-refractivity contribution in [3.8, 4) is 0 Å². The molecular weight excluding hydrogens is 238 g/mol. The van der Waals surface area contributed by atoms with Crippen molar-refractivity contribution < 1.29 is 9.53 Å². The maximum Gasteiger partial charge on any atom is 0.239 e. The van der Waals surface area contributed by atoms with Gasteiger partial charge in [0.05, 0.1) is 13.2 Å². The van der Waals surface area contributed by atoms with Gasteiger partial charge >= 0.3 is 0 Å². The molecule has 9 nitrogen and oxygen atoms in total. The number of ether oxygens (including phenoxy) is 1. The van der Waals surface area contributed by atoms with Gasteiger partial charge in [0, 0.05) is 13.7 Å². The van der Waals surface area contributed by atoms with Crippen LogP contribution in [-0.2, 0) is 9.53 Å². The van der Waals surface area contributed by atoms with Crippen LogP contribution >= 0.6 is 0 Å². The molecule has 0 fully saturated rings. The first-order valence-corrected chi connectivity index (χ1v) is 5.34. The van der Waals surface area contributed by atoms with Gasteiger partial charge in [-0.25, -0.2) is 0 Å². The summed E-state index contributed by atoms with van der Waals surface area (Å²) in [6, 6.07) is 3.41. The van der Waals surface area contributed by atoms with Crippen LogP contribution in [0.2, 0.25) is 0 Å². The minimum absolute atomic E-state index is 0.129. The number of hydrogen-bond donors (Lipinski definition) is 2. The molecule has 2 heterocycles. The normalized spacial score (nSPS) is 10.5. The highest BCUT2D eigenvalue weighted by atomic mass is 16.5. The summed E-state index contributed by atoms with van der Waals surface area (Å²) in [4.78, 5) is 11.4. The summed E-state index contributed by atoms with van der Waals surface area (Å²) in [6.45, 7) is 1.10. The van der Waals surface area contributed by atoms with Crippen LogP contribution < -0.4 is 10.6 Å². The second-order valence-corrected chi connectivity index (χ2v) is 3.44. The van der Waals surface area contributed by atoms with Crippen LogP contribution in [0.3, 0.4) is 0 Å². The van der Waals surface area contributed by atoms with E-state index in [-0.39, 0.29) is 12.5 Å². The van der Waals surface area contributed by atoms with E-state index in [0.717, 1.165) is 0 Å². The quantitative estimate of drug-likeness (QED) is 0.614. The van der Waals surface area contributed by atoms with Gasteiger partial charge in [-0.1, -0.05) is 0 Å². The third-order valence-corrected chi connectivity index (χ3v) is 2.13. The van der Waals surface area contributed by atoms with Crippen molar-refractivity contribution in [2.75, 3.05) is 32.1 Å². The van der Waals surface area contributed by atoms with Crippen LogP contribution in [0.25, 0.3) is 5.65 Å². The Balaban J connectivity index is 1.83. The number of aromatic nitrogens is 5. The van der Waals surface area contributed by atoms with Crippen molar-refractivity contribution in [3.05, 3.63) is 12.1 Å². The average Bonchev–Trinajstić information content (AvgIpc) is 2.84. The summed E-state index contributed by atoms with van der Waals surface area (Å²) in [5, 5.41) is 20.5. The lowest BCUT2D eigenvalue weighted by Crippen LogP contribution is -2.32. The van der Waals surface area contributed by atoms with Crippen LogP contribution in [0.4, 0.5) is 5.82 Å². The first-order valence-electron chi connectivity index (χ1n) is 5.34. The van der Waals surface area contributed by atoms with Gasteiger partial charge in [0.15, 0.2) is 5.65 Å². The number of nitrogens with one attached hydrogen (secondary N) is 2. The summed E-state index contributed by atoms with van der Waals surface area (Å²) in [7, 11) is 1.58. The second-order valence-electron chi connectivity index (χ2n) is 3.44. The number of fused-ring (bicyclic) bond motifs is 1. The third-order valence-electron chi connectivity index (χ3n) is 2.13. The van der Waals surface area contributed by atoms with Gasteiger partial charge in [-0.2, -0.15) is 0 Å². The molecule has 1 amide bonds. The molecule has 18 heavy (non-hydrogen) atoms. The Morgan fingerprint density at radius 1 is 1.50 bits per heavy atom. The van der Waals surface area contributed by atoms with Crippen molar-refractivity contribution in [1.29, 1.82) is 0 Å². The molecule has 0 radical (unpaired) electrons. The molecule has 0 aliphatic heterocycles. The van der Waals surface area contributed by atoms with Crippen LogP contribution in [0.15, 0.2) is 12.1 Å². The number of carbonyl (C=O) groups excluding carboxylic acids is 1. The zero-order valence-corrected chi connectivity index (χ0v) is 9.83. The molecule has 2 aromatic heterocycles. The highest BCUT2D eigenvalue weighted by Gasteiger charge is 2.03. The fourth-order valence-corrected chi connectivity index (χ4v) is 1.27. The molecule has 0 spiro atoms. The fraction of sp³-hybridized carbons (Fsp3) is 0.444. The Bertz CT molecular complexity index is 526. The van der Waals surface area contributed by atoms with E-state index in [9.17, 15) is 4.79 Å². The van der Waals surface area contributed by atoms with E-state index < -0.39 is 0 Å². The highest BCUT2D eigenvalue weighted by molar-refractivity contribution is 5.80. The zero-order valence-electron chi connectivity index (χ0n) is 9.83. The molecule has 0 saturated heterocycles. The third kappa shape index (κ3) is 3.10. The van der Waals surface area contributed by atoms with Gasteiger partial charge in [-0.15, -0.1) is 14.8 Å². The molecule has 0 aliphatic rings. The van der Waals surface area contributed by atoms with E-state index in [0.29, 0.717) is 24.6 Å². The molecule has 2 N–H and O–H groups in total. The molecule has 0 saturated carbocycles. The Morgan fingerprint density at radius 3 is 3.22 bits per heavy atom. The van der Waals surface area contributed by atoms with Crippen LogP contribution in [0, 0.1) is 0 Å². The minimum Gasteiger partial charge on any atom is -0.383 e. The van der Waals surface area contributed by atoms with Gasteiger partial charge in [0.25, 0.3) is 0 Å². The summed E-state index contributed by atoms with van der Waals surface area (Å²) in [5.74, 6) is 0.391. The second kappa shape index (κ2) is 5.87. The maximum atomic E-state index is 11.4. The molecule has 0 bridgehead atoms. The first kappa shape index (κ1) is 12.2. The van der Waals surface area contributed by atoms with E-state index in [2.05, 4.69) is 31.3 Å². The number of nitrogens with zero attached hydrogens (tertiary/aromatic N) is 5. The van der Waals surface area contributed by atoms with Crippen molar-refractivity contribution >= 4 is 17.4 Å². The smallest absolute Gasteiger partial charge is 0.239 e. The Kier molecular flexibility index (Phi) is 3.97. The number of amides is 1. The van der Waals surface area contributed by atoms with Gasteiger partial charge in [0.1, 0.15) is 5.82 Å². The molecule has 0 unspecified atom stereocenters. The fourth-order valence-electron chi connectivity index (χ4n) is 1.27. The zero-order chi connectivity index (χ0) is 12.8. The molecule has 0 aliphatic carbocycles. The number of tetrazole rings is 1. The molecule has 96 valence electrons. The molecule has 9 heteroatoms. The molecule has 0 aromatic carbocycles. The number of hydrogen-bond acceptors (Lipinski definition) is 7. The standard InChI is InChI=1S/C9H13N7O2/c1-18-5-4-10-9(17)6-11-7-2-3-8-12-14-15-16(8)13-7/h2-3H,4-6H2,1H3,(H,10,17)(H,11,13). The molecule has 2 aromatic rings. The Hall–Kier alpha value is -2.29. The van der Waals surface area contributed by atoms with Crippen molar-refractivity contribution in [2.24, 2.45) is 0 Å². The predicted molar refractivity (Wildman–Crippen MR) is 62.0 cm³/mol. The number of anilines is 1. The van der Waals surface area contributed by atoms with Crippen molar-refractivity contribution in [1.82, 2.24) is 30.6 Å². The SMILES string of the molecule is COCCNC(=O)CNc1ccc2nnnn2n1. The van der Waals surface area contributed by atoms with E-state index in [1.807, 2.05) is 0 Å². The van der Waals surface area contributed by atoms with Crippen molar-refractivity contribution in [2.45, 2.75) is 0 Å². The lowest BCUT2D eigenvalue weighted by molar-refractivity contribution is -0.119. The van der Waals surface area contributed by atoms with Crippen LogP contribution in [0.5, 0.6) is 0 Å². The summed E-state index contributed by atoms with van der Waals surface area (Å²) < 4.78 is 6.10. The largest absolute Gasteiger partial charge is 0.383 e. The van der Waals surface area contributed by atoms with Gasteiger partial charge in [0.2, 0.25) is 5.91 Å². The predicted octanol–water partition coefficient (Wildman–Crippen LogP) is -1.31. The topological polar surface area (TPSA) is 106 Å². The van der Waals surface area contributed by atoms with E-state index in [4.69, 9.17) is 4.74 Å². The number of methoxy groups -OCH3 is 1. The maximum absolute atomic E-state index is 11.4. The van der Waals surface area contributed by atoms with Crippen molar-refractivity contribution in [3.63, 3.8) is 0 Å². The van der Waals surface area contributed by atoms with Crippen LogP contribution in [-0.4, -0.2) is 58.0 Å². The summed E-state index contributed by atoms with van der Waals surface area (Å²) in [6.07, 6.45) is 0. The molecule has 0 atom stereocenters. The van der Waals surface area contributed by atoms with Gasteiger partial charge in [-0.3, -0.25) is 4.79 Å². The van der Waals surface area contributed by atoms with E-state index in [1.165, 1.54) is 4.63 Å². The van der Waals surface area contributed by atoms with Gasteiger partial charge in [-0.05, 0) is 22.6 Å². The molecule has 2 rings (SSSR count). The first-order chi connectivity index (χ1) is 8.79. The summed E-state index contributed by atoms with van der Waals surface area (Å²) >= 11 is 0. The number of carbonyl (C=O) groups is 1. The lowest BCUT2D eigenvalue weighted by Gasteiger charge is -2.06. The van der Waals surface area contributed by atoms with Crippen LogP contribution in [0.1, 0.15) is 0 Å².